The number of pyridine rings is 1. The molecule has 8 heteroatoms. The number of nitrogens with one attached hydrogen (secondary N) is 2. The molecular formula is C29H27N3O4S. The van der Waals surface area contributed by atoms with Crippen molar-refractivity contribution >= 4 is 28.1 Å². The second kappa shape index (κ2) is 11.3. The third-order valence-corrected chi connectivity index (χ3v) is 7.02. The fraction of sp³-hybridized carbons (Fsp3) is 0.172. The van der Waals surface area contributed by atoms with Crippen molar-refractivity contribution < 1.29 is 13.9 Å². The number of carbonyl (C=O) groups excluding carboxylic acids is 1. The van der Waals surface area contributed by atoms with Gasteiger partial charge in [0.15, 0.2) is 0 Å². The minimum Gasteiger partial charge on any atom is -0.496 e. The standard InChI is InChI=1S/C29H27N3O4S/c1-35-26-9-3-2-8-24(26)28(30-17-20-10-12-25-21(16-20)11-13-27(33)31-25)29(34)32(18-22-6-4-14-36-22)19-23-7-5-15-37-23/h2-16,28,30H,17-19H2,1H3,(H,31,33)/t28-/m1/s1. The number of aromatic amines is 1. The van der Waals surface area contributed by atoms with Gasteiger partial charge in [-0.25, -0.2) is 0 Å². The highest BCUT2D eigenvalue weighted by Crippen LogP contribution is 2.28. The molecule has 0 bridgehead atoms. The maximum atomic E-state index is 14.2. The zero-order valence-electron chi connectivity index (χ0n) is 20.3. The Bertz CT molecular complexity index is 1490. The summed E-state index contributed by atoms with van der Waals surface area (Å²) in [5.74, 6) is 1.27. The Balaban J connectivity index is 1.46. The maximum absolute atomic E-state index is 14.2. The molecule has 0 fully saturated rings. The fourth-order valence-corrected chi connectivity index (χ4v) is 5.06. The van der Waals surface area contributed by atoms with E-state index in [9.17, 15) is 9.59 Å². The van der Waals surface area contributed by atoms with Gasteiger partial charge in [0.05, 0.1) is 26.5 Å². The molecule has 0 aliphatic rings. The van der Waals surface area contributed by atoms with Crippen molar-refractivity contribution in [2.75, 3.05) is 7.11 Å². The van der Waals surface area contributed by atoms with E-state index in [1.165, 1.54) is 6.07 Å². The number of nitrogens with zero attached hydrogens (tertiary/aromatic N) is 1. The number of carbonyl (C=O) groups is 1. The number of benzene rings is 2. The van der Waals surface area contributed by atoms with Crippen LogP contribution in [0, 0.1) is 0 Å². The highest BCUT2D eigenvalue weighted by atomic mass is 32.1. The van der Waals surface area contributed by atoms with Crippen molar-refractivity contribution in [3.63, 3.8) is 0 Å². The van der Waals surface area contributed by atoms with Crippen LogP contribution in [0.1, 0.15) is 27.8 Å². The number of H-pyrrole nitrogens is 1. The smallest absolute Gasteiger partial charge is 0.248 e. The molecule has 1 amide bonds. The molecule has 0 spiro atoms. The quantitative estimate of drug-likeness (QED) is 0.266. The average molecular weight is 514 g/mol. The average Bonchev–Trinajstić information content (AvgIpc) is 3.63. The number of fused-ring (bicyclic) bond motifs is 1. The van der Waals surface area contributed by atoms with E-state index in [1.807, 2.05) is 72.1 Å². The molecule has 2 N–H and O–H groups in total. The molecule has 0 saturated carbocycles. The Kier molecular flexibility index (Phi) is 7.49. The Hall–Kier alpha value is -4.14. The van der Waals surface area contributed by atoms with E-state index < -0.39 is 6.04 Å². The van der Waals surface area contributed by atoms with Crippen molar-refractivity contribution in [1.82, 2.24) is 15.2 Å². The zero-order chi connectivity index (χ0) is 25.6. The molecule has 5 rings (SSSR count). The lowest BCUT2D eigenvalue weighted by Crippen LogP contribution is -2.40. The van der Waals surface area contributed by atoms with Crippen LogP contribution in [0.5, 0.6) is 5.75 Å². The number of rotatable bonds is 10. The zero-order valence-corrected chi connectivity index (χ0v) is 21.2. The molecule has 0 unspecified atom stereocenters. The molecule has 37 heavy (non-hydrogen) atoms. The van der Waals surface area contributed by atoms with Gasteiger partial charge >= 0.3 is 0 Å². The number of amides is 1. The van der Waals surface area contributed by atoms with Crippen LogP contribution in [0.4, 0.5) is 0 Å². The number of para-hydroxylation sites is 1. The molecule has 188 valence electrons. The largest absolute Gasteiger partial charge is 0.496 e. The predicted octanol–water partition coefficient (Wildman–Crippen LogP) is 5.25. The fourth-order valence-electron chi connectivity index (χ4n) is 4.34. The first-order valence-electron chi connectivity index (χ1n) is 11.9. The van der Waals surface area contributed by atoms with Crippen molar-refractivity contribution in [3.8, 4) is 5.75 Å². The highest BCUT2D eigenvalue weighted by molar-refractivity contribution is 7.09. The van der Waals surface area contributed by atoms with E-state index in [-0.39, 0.29) is 11.5 Å². The van der Waals surface area contributed by atoms with Crippen molar-refractivity contribution in [2.45, 2.75) is 25.7 Å². The summed E-state index contributed by atoms with van der Waals surface area (Å²) < 4.78 is 11.2. The molecule has 2 aromatic carbocycles. The molecule has 1 atom stereocenters. The lowest BCUT2D eigenvalue weighted by molar-refractivity contribution is -0.135. The Morgan fingerprint density at radius 3 is 2.73 bits per heavy atom. The van der Waals surface area contributed by atoms with Crippen LogP contribution in [-0.4, -0.2) is 22.9 Å². The molecule has 0 aliphatic heterocycles. The van der Waals surface area contributed by atoms with Crippen LogP contribution < -0.4 is 15.6 Å². The summed E-state index contributed by atoms with van der Waals surface area (Å²) in [6, 6.07) is 23.8. The van der Waals surface area contributed by atoms with Crippen molar-refractivity contribution in [3.05, 3.63) is 123 Å². The first kappa shape index (κ1) is 24.5. The number of ether oxygens (including phenoxy) is 1. The summed E-state index contributed by atoms with van der Waals surface area (Å²) in [6.45, 7) is 1.26. The van der Waals surface area contributed by atoms with Crippen LogP contribution in [0.15, 0.2) is 99.7 Å². The van der Waals surface area contributed by atoms with E-state index in [4.69, 9.17) is 9.15 Å². The topological polar surface area (TPSA) is 87.6 Å². The second-order valence-corrected chi connectivity index (χ2v) is 9.69. The van der Waals surface area contributed by atoms with Gasteiger partial charge in [-0.15, -0.1) is 11.3 Å². The maximum Gasteiger partial charge on any atom is 0.248 e. The summed E-state index contributed by atoms with van der Waals surface area (Å²) in [4.78, 5) is 31.5. The number of methoxy groups -OCH3 is 1. The first-order chi connectivity index (χ1) is 18.1. The van der Waals surface area contributed by atoms with Crippen molar-refractivity contribution in [1.29, 1.82) is 0 Å². The lowest BCUT2D eigenvalue weighted by Gasteiger charge is -2.28. The number of aromatic nitrogens is 1. The molecule has 3 heterocycles. The van der Waals surface area contributed by atoms with Gasteiger partial charge in [0, 0.05) is 28.6 Å². The van der Waals surface area contributed by atoms with Crippen molar-refractivity contribution in [2.24, 2.45) is 0 Å². The predicted molar refractivity (Wildman–Crippen MR) is 144 cm³/mol. The Morgan fingerprint density at radius 2 is 1.95 bits per heavy atom. The SMILES string of the molecule is COc1ccccc1[C@@H](NCc1ccc2[nH]c(=O)ccc2c1)C(=O)N(Cc1ccco1)Cc1cccs1. The summed E-state index contributed by atoms with van der Waals surface area (Å²) in [5, 5.41) is 6.41. The first-order valence-corrected chi connectivity index (χ1v) is 12.8. The molecular weight excluding hydrogens is 486 g/mol. The molecule has 0 aliphatic carbocycles. The van der Waals surface area contributed by atoms with Crippen LogP contribution in [0.25, 0.3) is 10.9 Å². The third kappa shape index (κ3) is 5.82. The second-order valence-electron chi connectivity index (χ2n) is 8.65. The van der Waals surface area contributed by atoms with Gasteiger partial charge in [0.1, 0.15) is 17.6 Å². The van der Waals surface area contributed by atoms with Gasteiger partial charge in [-0.2, -0.15) is 0 Å². The molecule has 5 aromatic rings. The van der Waals surface area contributed by atoms with Gasteiger partial charge in [-0.3, -0.25) is 14.9 Å². The van der Waals surface area contributed by atoms with Gasteiger partial charge in [0.25, 0.3) is 0 Å². The Labute approximate surface area is 218 Å². The summed E-state index contributed by atoms with van der Waals surface area (Å²) in [6.07, 6.45) is 1.62. The Morgan fingerprint density at radius 1 is 1.05 bits per heavy atom. The molecule has 0 radical (unpaired) electrons. The van der Waals surface area contributed by atoms with Gasteiger partial charge in [-0.1, -0.05) is 30.3 Å². The van der Waals surface area contributed by atoms with Crippen LogP contribution >= 0.6 is 11.3 Å². The molecule has 3 aromatic heterocycles. The van der Waals surface area contributed by atoms with Gasteiger partial charge < -0.3 is 19.0 Å². The molecule has 7 nitrogen and oxygen atoms in total. The van der Waals surface area contributed by atoms with E-state index in [0.717, 1.165) is 26.9 Å². The summed E-state index contributed by atoms with van der Waals surface area (Å²) in [5.41, 5.74) is 2.38. The van der Waals surface area contributed by atoms with Gasteiger partial charge in [0.2, 0.25) is 11.5 Å². The number of furan rings is 1. The molecule has 0 saturated heterocycles. The summed E-state index contributed by atoms with van der Waals surface area (Å²) >= 11 is 1.61. The van der Waals surface area contributed by atoms with Crippen LogP contribution in [0.3, 0.4) is 0 Å². The van der Waals surface area contributed by atoms with E-state index in [0.29, 0.717) is 31.1 Å². The normalized spacial score (nSPS) is 11.9. The monoisotopic (exact) mass is 513 g/mol. The lowest BCUT2D eigenvalue weighted by atomic mass is 10.0. The number of hydrogen-bond donors (Lipinski definition) is 2. The number of hydrogen-bond acceptors (Lipinski definition) is 6. The third-order valence-electron chi connectivity index (χ3n) is 6.16. The van der Waals surface area contributed by atoms with Crippen LogP contribution in [-0.2, 0) is 24.4 Å². The van der Waals surface area contributed by atoms with E-state index in [1.54, 1.807) is 35.7 Å². The van der Waals surface area contributed by atoms with E-state index >= 15 is 0 Å². The highest BCUT2D eigenvalue weighted by Gasteiger charge is 2.29. The van der Waals surface area contributed by atoms with Crippen LogP contribution in [0.2, 0.25) is 0 Å². The summed E-state index contributed by atoms with van der Waals surface area (Å²) in [7, 11) is 1.61. The minimum atomic E-state index is -0.655. The van der Waals surface area contributed by atoms with E-state index in [2.05, 4.69) is 10.3 Å². The minimum absolute atomic E-state index is 0.0839. The van der Waals surface area contributed by atoms with Gasteiger partial charge in [-0.05, 0) is 58.8 Å². The number of thiophene rings is 1.